The standard InChI is InChI=1S/C13H17N3O2S2/c1-7(2)14-11(17)6-19-5-10-15-12(18)9-4-8(3)20-13(9)16-10/h4,7,9H,5-6H2,1-3H3,(H,14,17). The van der Waals surface area contributed by atoms with Crippen molar-refractivity contribution in [1.82, 2.24) is 5.32 Å². The number of allylic oxidation sites excluding steroid dienone is 1. The van der Waals surface area contributed by atoms with Crippen LogP contribution in [0.4, 0.5) is 0 Å². The first kappa shape index (κ1) is 15.3. The zero-order valence-electron chi connectivity index (χ0n) is 11.7. The second-order valence-corrected chi connectivity index (χ2v) is 7.14. The van der Waals surface area contributed by atoms with Gasteiger partial charge in [0.2, 0.25) is 5.91 Å². The molecule has 2 aliphatic rings. The Morgan fingerprint density at radius 3 is 2.95 bits per heavy atom. The number of nitrogens with one attached hydrogen (secondary N) is 1. The van der Waals surface area contributed by atoms with E-state index in [0.29, 0.717) is 17.3 Å². The van der Waals surface area contributed by atoms with E-state index in [0.717, 1.165) is 9.95 Å². The normalized spacial score (nSPS) is 21.3. The highest BCUT2D eigenvalue weighted by Crippen LogP contribution is 2.34. The summed E-state index contributed by atoms with van der Waals surface area (Å²) in [5, 5.41) is 3.63. The van der Waals surface area contributed by atoms with E-state index < -0.39 is 0 Å². The number of hydrogen-bond acceptors (Lipinski definition) is 5. The average Bonchev–Trinajstić information content (AvgIpc) is 2.69. The lowest BCUT2D eigenvalue weighted by Crippen LogP contribution is -2.32. The molecule has 0 aromatic carbocycles. The molecule has 1 N–H and O–H groups in total. The molecular weight excluding hydrogens is 294 g/mol. The van der Waals surface area contributed by atoms with Crippen LogP contribution in [-0.4, -0.2) is 40.2 Å². The number of fused-ring (bicyclic) bond motifs is 1. The molecule has 0 aromatic heterocycles. The quantitative estimate of drug-likeness (QED) is 0.841. The lowest BCUT2D eigenvalue weighted by molar-refractivity contribution is -0.119. The largest absolute Gasteiger partial charge is 0.353 e. The molecular formula is C13H17N3O2S2. The van der Waals surface area contributed by atoms with Crippen molar-refractivity contribution in [2.45, 2.75) is 26.8 Å². The van der Waals surface area contributed by atoms with Gasteiger partial charge in [0.1, 0.15) is 11.8 Å². The molecule has 5 nitrogen and oxygen atoms in total. The molecule has 20 heavy (non-hydrogen) atoms. The Kier molecular flexibility index (Phi) is 5.04. The summed E-state index contributed by atoms with van der Waals surface area (Å²) in [6, 6.07) is 0.140. The van der Waals surface area contributed by atoms with Crippen LogP contribution in [0.2, 0.25) is 0 Å². The number of aliphatic imine (C=N–C) groups is 2. The third-order valence-corrected chi connectivity index (χ3v) is 4.53. The minimum Gasteiger partial charge on any atom is -0.353 e. The second-order valence-electron chi connectivity index (χ2n) is 4.89. The Bertz CT molecular complexity index is 524. The van der Waals surface area contributed by atoms with Crippen LogP contribution in [0.25, 0.3) is 0 Å². The Balaban J connectivity index is 1.85. The molecule has 0 bridgehead atoms. The van der Waals surface area contributed by atoms with Crippen molar-refractivity contribution in [3.05, 3.63) is 11.0 Å². The Hall–Kier alpha value is -1.08. The summed E-state index contributed by atoms with van der Waals surface area (Å²) in [7, 11) is 0. The predicted molar refractivity (Wildman–Crippen MR) is 85.3 cm³/mol. The maximum atomic E-state index is 11.9. The molecule has 2 amide bonds. The van der Waals surface area contributed by atoms with E-state index in [1.165, 1.54) is 23.5 Å². The number of amides is 2. The maximum Gasteiger partial charge on any atom is 0.261 e. The van der Waals surface area contributed by atoms with Crippen LogP contribution in [0.3, 0.4) is 0 Å². The van der Waals surface area contributed by atoms with Crippen LogP contribution < -0.4 is 5.32 Å². The Labute approximate surface area is 126 Å². The zero-order chi connectivity index (χ0) is 14.7. The van der Waals surface area contributed by atoms with E-state index in [1.54, 1.807) is 0 Å². The minimum atomic E-state index is -0.280. The third-order valence-electron chi connectivity index (χ3n) is 2.59. The third kappa shape index (κ3) is 3.96. The van der Waals surface area contributed by atoms with Crippen LogP contribution in [-0.2, 0) is 9.59 Å². The number of amidine groups is 1. The van der Waals surface area contributed by atoms with Crippen molar-refractivity contribution < 1.29 is 9.59 Å². The lowest BCUT2D eigenvalue weighted by atomic mass is 10.1. The molecule has 1 unspecified atom stereocenters. The summed E-state index contributed by atoms with van der Waals surface area (Å²) in [5.74, 6) is 0.904. The fraction of sp³-hybridized carbons (Fsp3) is 0.538. The molecule has 2 aliphatic heterocycles. The molecule has 0 spiro atoms. The summed E-state index contributed by atoms with van der Waals surface area (Å²) in [5.41, 5.74) is 0. The first-order valence-electron chi connectivity index (χ1n) is 6.39. The van der Waals surface area contributed by atoms with Crippen molar-refractivity contribution in [3.63, 3.8) is 0 Å². The van der Waals surface area contributed by atoms with Crippen LogP contribution >= 0.6 is 23.5 Å². The maximum absolute atomic E-state index is 11.9. The van der Waals surface area contributed by atoms with Gasteiger partial charge in [0.05, 0.1) is 16.5 Å². The molecule has 2 rings (SSSR count). The molecule has 0 fully saturated rings. The Morgan fingerprint density at radius 2 is 2.25 bits per heavy atom. The van der Waals surface area contributed by atoms with Gasteiger partial charge in [-0.3, -0.25) is 9.59 Å². The van der Waals surface area contributed by atoms with E-state index in [4.69, 9.17) is 0 Å². The summed E-state index contributed by atoms with van der Waals surface area (Å²) < 4.78 is 0. The van der Waals surface area contributed by atoms with Gasteiger partial charge in [0, 0.05) is 6.04 Å². The Morgan fingerprint density at radius 1 is 1.50 bits per heavy atom. The van der Waals surface area contributed by atoms with Crippen LogP contribution in [0, 0.1) is 5.92 Å². The van der Waals surface area contributed by atoms with Gasteiger partial charge >= 0.3 is 0 Å². The van der Waals surface area contributed by atoms with E-state index >= 15 is 0 Å². The molecule has 0 aromatic rings. The SMILES string of the molecule is CC1=CC2C(=O)N=C(CSCC(=O)NC(C)C)N=C2S1. The highest BCUT2D eigenvalue weighted by Gasteiger charge is 2.32. The van der Waals surface area contributed by atoms with Crippen LogP contribution in [0.15, 0.2) is 21.0 Å². The van der Waals surface area contributed by atoms with Gasteiger partial charge in [-0.15, -0.1) is 11.8 Å². The molecule has 108 valence electrons. The van der Waals surface area contributed by atoms with Crippen LogP contribution in [0.5, 0.6) is 0 Å². The molecule has 2 heterocycles. The van der Waals surface area contributed by atoms with E-state index in [1.807, 2.05) is 26.8 Å². The van der Waals surface area contributed by atoms with Crippen molar-refractivity contribution in [2.75, 3.05) is 11.5 Å². The number of hydrogen-bond donors (Lipinski definition) is 1. The summed E-state index contributed by atoms with van der Waals surface area (Å²) in [4.78, 5) is 32.8. The monoisotopic (exact) mass is 311 g/mol. The fourth-order valence-corrected chi connectivity index (χ4v) is 3.51. The molecule has 1 atom stereocenters. The van der Waals surface area contributed by atoms with Gasteiger partial charge in [-0.2, -0.15) is 4.99 Å². The number of thioether (sulfide) groups is 2. The molecule has 0 aliphatic carbocycles. The van der Waals surface area contributed by atoms with E-state index in [-0.39, 0.29) is 23.8 Å². The predicted octanol–water partition coefficient (Wildman–Crippen LogP) is 1.85. The van der Waals surface area contributed by atoms with Gasteiger partial charge in [-0.05, 0) is 25.7 Å². The van der Waals surface area contributed by atoms with Gasteiger partial charge < -0.3 is 5.32 Å². The van der Waals surface area contributed by atoms with Gasteiger partial charge in [-0.1, -0.05) is 17.8 Å². The zero-order valence-corrected chi connectivity index (χ0v) is 13.3. The summed E-state index contributed by atoms with van der Waals surface area (Å²) in [6.07, 6.45) is 1.90. The first-order chi connectivity index (χ1) is 9.45. The second kappa shape index (κ2) is 6.58. The fourth-order valence-electron chi connectivity index (χ4n) is 1.85. The van der Waals surface area contributed by atoms with Gasteiger partial charge in [0.15, 0.2) is 0 Å². The molecule has 0 saturated heterocycles. The summed E-state index contributed by atoms with van der Waals surface area (Å²) in [6.45, 7) is 5.81. The highest BCUT2D eigenvalue weighted by atomic mass is 32.2. The van der Waals surface area contributed by atoms with Crippen molar-refractivity contribution in [1.29, 1.82) is 0 Å². The lowest BCUT2D eigenvalue weighted by Gasteiger charge is -2.12. The average molecular weight is 311 g/mol. The first-order valence-corrected chi connectivity index (χ1v) is 8.36. The van der Waals surface area contributed by atoms with E-state index in [2.05, 4.69) is 15.3 Å². The summed E-state index contributed by atoms with van der Waals surface area (Å²) >= 11 is 2.94. The van der Waals surface area contributed by atoms with Crippen molar-refractivity contribution in [3.8, 4) is 0 Å². The smallest absolute Gasteiger partial charge is 0.261 e. The number of rotatable bonds is 5. The highest BCUT2D eigenvalue weighted by molar-refractivity contribution is 8.17. The molecule has 0 saturated carbocycles. The van der Waals surface area contributed by atoms with E-state index in [9.17, 15) is 9.59 Å². The number of nitrogens with zero attached hydrogens (tertiary/aromatic N) is 2. The number of carbonyl (C=O) groups excluding carboxylic acids is 2. The van der Waals surface area contributed by atoms with Crippen molar-refractivity contribution in [2.24, 2.45) is 15.9 Å². The molecule has 7 heteroatoms. The van der Waals surface area contributed by atoms with Gasteiger partial charge in [-0.25, -0.2) is 4.99 Å². The number of carbonyl (C=O) groups is 2. The minimum absolute atomic E-state index is 0.00832. The molecule has 0 radical (unpaired) electrons. The van der Waals surface area contributed by atoms with Gasteiger partial charge in [0.25, 0.3) is 5.91 Å². The van der Waals surface area contributed by atoms with Crippen LogP contribution in [0.1, 0.15) is 20.8 Å². The topological polar surface area (TPSA) is 70.9 Å². The van der Waals surface area contributed by atoms with Crippen molar-refractivity contribution >= 4 is 46.2 Å².